The molecule has 19 heavy (non-hydrogen) atoms. The SMILES string of the molecule is Cc1cc(OCCNc2ccccc2Cl)ccc1Cl. The molecule has 0 heterocycles. The molecule has 0 aromatic heterocycles. The highest BCUT2D eigenvalue weighted by Crippen LogP contribution is 2.22. The maximum Gasteiger partial charge on any atom is 0.119 e. The fourth-order valence-corrected chi connectivity index (χ4v) is 1.99. The Bertz CT molecular complexity index is 558. The van der Waals surface area contributed by atoms with Gasteiger partial charge in [0.15, 0.2) is 0 Å². The minimum absolute atomic E-state index is 0.562. The fourth-order valence-electron chi connectivity index (χ4n) is 1.67. The number of hydrogen-bond donors (Lipinski definition) is 1. The van der Waals surface area contributed by atoms with Crippen LogP contribution in [0.15, 0.2) is 42.5 Å². The molecule has 0 aliphatic carbocycles. The quantitative estimate of drug-likeness (QED) is 0.801. The number of hydrogen-bond acceptors (Lipinski definition) is 2. The lowest BCUT2D eigenvalue weighted by atomic mass is 10.2. The third kappa shape index (κ3) is 4.05. The summed E-state index contributed by atoms with van der Waals surface area (Å²) in [6.45, 7) is 3.20. The van der Waals surface area contributed by atoms with Gasteiger partial charge in [-0.1, -0.05) is 35.3 Å². The molecule has 0 aliphatic rings. The van der Waals surface area contributed by atoms with E-state index in [1.807, 2.05) is 49.4 Å². The average Bonchev–Trinajstić information content (AvgIpc) is 2.40. The summed E-state index contributed by atoms with van der Waals surface area (Å²) in [7, 11) is 0. The van der Waals surface area contributed by atoms with Crippen molar-refractivity contribution in [2.75, 3.05) is 18.5 Å². The highest BCUT2D eigenvalue weighted by Gasteiger charge is 2.00. The number of halogens is 2. The molecule has 4 heteroatoms. The van der Waals surface area contributed by atoms with E-state index in [0.717, 1.165) is 22.0 Å². The molecule has 2 nitrogen and oxygen atoms in total. The number of para-hydroxylation sites is 1. The van der Waals surface area contributed by atoms with Crippen LogP contribution in [0.1, 0.15) is 5.56 Å². The smallest absolute Gasteiger partial charge is 0.119 e. The molecule has 0 saturated heterocycles. The number of aryl methyl sites for hydroxylation is 1. The van der Waals surface area contributed by atoms with Gasteiger partial charge in [-0.05, 0) is 42.8 Å². The summed E-state index contributed by atoms with van der Waals surface area (Å²) >= 11 is 12.0. The molecular weight excluding hydrogens is 281 g/mol. The van der Waals surface area contributed by atoms with Crippen molar-refractivity contribution in [2.45, 2.75) is 6.92 Å². The number of rotatable bonds is 5. The third-order valence-electron chi connectivity index (χ3n) is 2.69. The minimum Gasteiger partial charge on any atom is -0.492 e. The molecule has 0 unspecified atom stereocenters. The predicted molar refractivity (Wildman–Crippen MR) is 81.6 cm³/mol. The molecule has 0 spiro atoms. The molecule has 2 aromatic carbocycles. The van der Waals surface area contributed by atoms with Crippen LogP contribution in [0.3, 0.4) is 0 Å². The van der Waals surface area contributed by atoms with Crippen LogP contribution in [0.25, 0.3) is 0 Å². The van der Waals surface area contributed by atoms with Gasteiger partial charge in [-0.25, -0.2) is 0 Å². The van der Waals surface area contributed by atoms with Crippen molar-refractivity contribution in [2.24, 2.45) is 0 Å². The number of nitrogens with one attached hydrogen (secondary N) is 1. The lowest BCUT2D eigenvalue weighted by Gasteiger charge is -2.10. The molecule has 0 radical (unpaired) electrons. The minimum atomic E-state index is 0.562. The first-order valence-corrected chi connectivity index (χ1v) is 6.80. The molecule has 1 N–H and O–H groups in total. The van der Waals surface area contributed by atoms with Crippen LogP contribution in [0, 0.1) is 6.92 Å². The van der Waals surface area contributed by atoms with E-state index in [-0.39, 0.29) is 0 Å². The summed E-state index contributed by atoms with van der Waals surface area (Å²) in [4.78, 5) is 0. The summed E-state index contributed by atoms with van der Waals surface area (Å²) in [5.41, 5.74) is 1.93. The molecule has 0 fully saturated rings. The molecule has 100 valence electrons. The van der Waals surface area contributed by atoms with E-state index in [2.05, 4.69) is 5.32 Å². The van der Waals surface area contributed by atoms with Gasteiger partial charge in [-0.2, -0.15) is 0 Å². The highest BCUT2D eigenvalue weighted by atomic mass is 35.5. The molecule has 2 aromatic rings. The van der Waals surface area contributed by atoms with Gasteiger partial charge in [0.1, 0.15) is 12.4 Å². The van der Waals surface area contributed by atoms with Crippen molar-refractivity contribution in [1.29, 1.82) is 0 Å². The number of anilines is 1. The Labute approximate surface area is 123 Å². The van der Waals surface area contributed by atoms with Crippen molar-refractivity contribution in [3.8, 4) is 5.75 Å². The lowest BCUT2D eigenvalue weighted by molar-refractivity contribution is 0.332. The Balaban J connectivity index is 1.81. The van der Waals surface area contributed by atoms with Gasteiger partial charge in [0.05, 0.1) is 10.7 Å². The number of benzene rings is 2. The first-order chi connectivity index (χ1) is 9.16. The second kappa shape index (κ2) is 6.69. The zero-order valence-corrected chi connectivity index (χ0v) is 12.1. The second-order valence-electron chi connectivity index (χ2n) is 4.17. The molecule has 0 saturated carbocycles. The van der Waals surface area contributed by atoms with Gasteiger partial charge in [0.25, 0.3) is 0 Å². The summed E-state index contributed by atoms with van der Waals surface area (Å²) in [5.74, 6) is 0.822. The van der Waals surface area contributed by atoms with Crippen LogP contribution in [-0.2, 0) is 0 Å². The van der Waals surface area contributed by atoms with Crippen molar-refractivity contribution >= 4 is 28.9 Å². The van der Waals surface area contributed by atoms with Gasteiger partial charge in [-0.3, -0.25) is 0 Å². The zero-order valence-electron chi connectivity index (χ0n) is 10.6. The van der Waals surface area contributed by atoms with Crippen molar-refractivity contribution in [3.63, 3.8) is 0 Å². The van der Waals surface area contributed by atoms with Crippen molar-refractivity contribution in [1.82, 2.24) is 0 Å². The third-order valence-corrected chi connectivity index (χ3v) is 3.44. The fraction of sp³-hybridized carbons (Fsp3) is 0.200. The van der Waals surface area contributed by atoms with E-state index in [9.17, 15) is 0 Å². The van der Waals surface area contributed by atoms with Crippen LogP contribution in [0.4, 0.5) is 5.69 Å². The standard InChI is InChI=1S/C15H15Cl2NO/c1-11-10-12(6-7-13(11)16)19-9-8-18-15-5-3-2-4-14(15)17/h2-7,10,18H,8-9H2,1H3. The Morgan fingerprint density at radius 1 is 1.05 bits per heavy atom. The normalized spacial score (nSPS) is 10.3. The van der Waals surface area contributed by atoms with Gasteiger partial charge in [-0.15, -0.1) is 0 Å². The van der Waals surface area contributed by atoms with E-state index in [4.69, 9.17) is 27.9 Å². The molecule has 0 aliphatic heterocycles. The Morgan fingerprint density at radius 2 is 1.84 bits per heavy atom. The topological polar surface area (TPSA) is 21.3 Å². The maximum absolute atomic E-state index is 6.04. The Morgan fingerprint density at radius 3 is 2.58 bits per heavy atom. The van der Waals surface area contributed by atoms with Crippen LogP contribution >= 0.6 is 23.2 Å². The average molecular weight is 296 g/mol. The van der Waals surface area contributed by atoms with E-state index in [1.165, 1.54) is 0 Å². The van der Waals surface area contributed by atoms with Crippen LogP contribution in [0.5, 0.6) is 5.75 Å². The van der Waals surface area contributed by atoms with E-state index in [1.54, 1.807) is 0 Å². The summed E-state index contributed by atoms with van der Waals surface area (Å²) in [6.07, 6.45) is 0. The zero-order chi connectivity index (χ0) is 13.7. The van der Waals surface area contributed by atoms with E-state index in [0.29, 0.717) is 18.2 Å². The first kappa shape index (κ1) is 14.0. The van der Waals surface area contributed by atoms with Gasteiger partial charge in [0.2, 0.25) is 0 Å². The Hall–Kier alpha value is -1.38. The highest BCUT2D eigenvalue weighted by molar-refractivity contribution is 6.33. The van der Waals surface area contributed by atoms with Crippen LogP contribution in [0.2, 0.25) is 10.0 Å². The van der Waals surface area contributed by atoms with Crippen LogP contribution in [-0.4, -0.2) is 13.2 Å². The van der Waals surface area contributed by atoms with Gasteiger partial charge >= 0.3 is 0 Å². The molecular formula is C15H15Cl2NO. The summed E-state index contributed by atoms with van der Waals surface area (Å²) in [5, 5.41) is 4.69. The lowest BCUT2D eigenvalue weighted by Crippen LogP contribution is -2.11. The molecule has 2 rings (SSSR count). The largest absolute Gasteiger partial charge is 0.492 e. The molecule has 0 bridgehead atoms. The monoisotopic (exact) mass is 295 g/mol. The van der Waals surface area contributed by atoms with Gasteiger partial charge in [0, 0.05) is 11.6 Å². The number of ether oxygens (including phenoxy) is 1. The summed E-state index contributed by atoms with van der Waals surface area (Å²) in [6, 6.07) is 13.3. The van der Waals surface area contributed by atoms with Crippen LogP contribution < -0.4 is 10.1 Å². The Kier molecular flexibility index (Phi) is 4.94. The second-order valence-corrected chi connectivity index (χ2v) is 4.98. The van der Waals surface area contributed by atoms with Gasteiger partial charge < -0.3 is 10.1 Å². The predicted octanol–water partition coefficient (Wildman–Crippen LogP) is 4.79. The van der Waals surface area contributed by atoms with E-state index < -0.39 is 0 Å². The van der Waals surface area contributed by atoms with E-state index >= 15 is 0 Å². The first-order valence-electron chi connectivity index (χ1n) is 6.04. The maximum atomic E-state index is 6.04. The summed E-state index contributed by atoms with van der Waals surface area (Å²) < 4.78 is 5.64. The molecule has 0 amide bonds. The van der Waals surface area contributed by atoms with Crippen molar-refractivity contribution < 1.29 is 4.74 Å². The van der Waals surface area contributed by atoms with Crippen molar-refractivity contribution in [3.05, 3.63) is 58.1 Å². The molecule has 0 atom stereocenters.